The first-order chi connectivity index (χ1) is 14.0. The molecule has 5 nitrogen and oxygen atoms in total. The minimum absolute atomic E-state index is 0.0412. The van der Waals surface area contributed by atoms with E-state index >= 15 is 0 Å². The fourth-order valence-electron chi connectivity index (χ4n) is 3.97. The van der Waals surface area contributed by atoms with E-state index in [9.17, 15) is 13.2 Å². The van der Waals surface area contributed by atoms with Gasteiger partial charge in [0.1, 0.15) is 0 Å². The van der Waals surface area contributed by atoms with E-state index in [-0.39, 0.29) is 11.9 Å². The highest BCUT2D eigenvalue weighted by molar-refractivity contribution is 7.89. The summed E-state index contributed by atoms with van der Waals surface area (Å²) in [5, 5.41) is 3.20. The van der Waals surface area contributed by atoms with Gasteiger partial charge in [-0.1, -0.05) is 42.5 Å². The standard InChI is InChI=1S/C23H28N2O3S/c26-22(24-23(20-11-12-20)19-6-2-1-3-7-19)15-10-18-8-13-21(14-9-18)29(27,28)25-16-4-5-17-25/h1-3,6-9,13-14,20,23H,4-5,10-12,15-17H2,(H,24,26). The molecule has 1 unspecified atom stereocenters. The van der Waals surface area contributed by atoms with E-state index in [4.69, 9.17) is 0 Å². The van der Waals surface area contributed by atoms with Crippen molar-refractivity contribution in [3.05, 3.63) is 65.7 Å². The molecule has 1 saturated carbocycles. The van der Waals surface area contributed by atoms with E-state index in [1.165, 1.54) is 5.56 Å². The van der Waals surface area contributed by atoms with Crippen molar-refractivity contribution in [2.45, 2.75) is 49.5 Å². The van der Waals surface area contributed by atoms with Crippen molar-refractivity contribution < 1.29 is 13.2 Å². The third kappa shape index (κ3) is 4.87. The first-order valence-corrected chi connectivity index (χ1v) is 11.9. The summed E-state index contributed by atoms with van der Waals surface area (Å²) in [6, 6.07) is 17.2. The lowest BCUT2D eigenvalue weighted by Gasteiger charge is -2.19. The van der Waals surface area contributed by atoms with Crippen LogP contribution in [-0.2, 0) is 21.2 Å². The summed E-state index contributed by atoms with van der Waals surface area (Å²) in [4.78, 5) is 12.9. The molecule has 2 aliphatic rings. The van der Waals surface area contributed by atoms with Crippen molar-refractivity contribution in [2.24, 2.45) is 5.92 Å². The number of benzene rings is 2. The normalized spacial score (nSPS) is 18.5. The van der Waals surface area contributed by atoms with Crippen LogP contribution in [0.15, 0.2) is 59.5 Å². The number of aryl methyl sites for hydroxylation is 1. The van der Waals surface area contributed by atoms with Crippen LogP contribution < -0.4 is 5.32 Å². The topological polar surface area (TPSA) is 66.5 Å². The van der Waals surface area contributed by atoms with Gasteiger partial charge in [0.15, 0.2) is 0 Å². The van der Waals surface area contributed by atoms with Gasteiger partial charge in [0.25, 0.3) is 0 Å². The van der Waals surface area contributed by atoms with Gasteiger partial charge < -0.3 is 5.32 Å². The molecule has 29 heavy (non-hydrogen) atoms. The van der Waals surface area contributed by atoms with Gasteiger partial charge in [0, 0.05) is 19.5 Å². The molecule has 0 bridgehead atoms. The molecule has 0 spiro atoms. The van der Waals surface area contributed by atoms with Crippen LogP contribution in [0.1, 0.15) is 49.3 Å². The van der Waals surface area contributed by atoms with Crippen LogP contribution in [0.2, 0.25) is 0 Å². The summed E-state index contributed by atoms with van der Waals surface area (Å²) in [5.74, 6) is 0.580. The summed E-state index contributed by atoms with van der Waals surface area (Å²) < 4.78 is 26.8. The van der Waals surface area contributed by atoms with Crippen molar-refractivity contribution >= 4 is 15.9 Å². The Morgan fingerprint density at radius 1 is 1.00 bits per heavy atom. The summed E-state index contributed by atoms with van der Waals surface area (Å²) in [6.07, 6.45) is 5.17. The lowest BCUT2D eigenvalue weighted by atomic mass is 10.0. The molecule has 1 aliphatic carbocycles. The maximum Gasteiger partial charge on any atom is 0.243 e. The predicted octanol–water partition coefficient (Wildman–Crippen LogP) is 3.67. The highest BCUT2D eigenvalue weighted by Crippen LogP contribution is 2.41. The van der Waals surface area contributed by atoms with Gasteiger partial charge in [-0.3, -0.25) is 4.79 Å². The van der Waals surface area contributed by atoms with Gasteiger partial charge in [-0.15, -0.1) is 0 Å². The first-order valence-electron chi connectivity index (χ1n) is 10.5. The van der Waals surface area contributed by atoms with Crippen LogP contribution >= 0.6 is 0 Å². The molecule has 6 heteroatoms. The van der Waals surface area contributed by atoms with Crippen molar-refractivity contribution in [2.75, 3.05) is 13.1 Å². The first kappa shape index (κ1) is 20.1. The van der Waals surface area contributed by atoms with Crippen LogP contribution in [0.4, 0.5) is 0 Å². The number of nitrogens with zero attached hydrogens (tertiary/aromatic N) is 1. The highest BCUT2D eigenvalue weighted by atomic mass is 32.2. The maximum absolute atomic E-state index is 12.6. The smallest absolute Gasteiger partial charge is 0.243 e. The lowest BCUT2D eigenvalue weighted by molar-refractivity contribution is -0.122. The number of nitrogens with one attached hydrogen (secondary N) is 1. The molecular weight excluding hydrogens is 384 g/mol. The van der Waals surface area contributed by atoms with Crippen LogP contribution in [0.25, 0.3) is 0 Å². The Morgan fingerprint density at radius 2 is 1.66 bits per heavy atom. The maximum atomic E-state index is 12.6. The molecule has 2 fully saturated rings. The van der Waals surface area contributed by atoms with Crippen LogP contribution in [0.3, 0.4) is 0 Å². The second kappa shape index (κ2) is 8.67. The Hall–Kier alpha value is -2.18. The summed E-state index contributed by atoms with van der Waals surface area (Å²) >= 11 is 0. The summed E-state index contributed by atoms with van der Waals surface area (Å²) in [5.41, 5.74) is 2.14. The summed E-state index contributed by atoms with van der Waals surface area (Å²) in [6.45, 7) is 1.21. The minimum atomic E-state index is -3.38. The molecule has 1 amide bonds. The molecule has 2 aromatic rings. The van der Waals surface area contributed by atoms with Crippen molar-refractivity contribution in [1.29, 1.82) is 0 Å². The third-order valence-electron chi connectivity index (χ3n) is 5.84. The van der Waals surface area contributed by atoms with Gasteiger partial charge in [-0.25, -0.2) is 8.42 Å². The molecule has 1 heterocycles. The number of carbonyl (C=O) groups excluding carboxylic acids is 1. The van der Waals surface area contributed by atoms with Crippen LogP contribution in [0, 0.1) is 5.92 Å². The quantitative estimate of drug-likeness (QED) is 0.719. The zero-order chi connectivity index (χ0) is 20.3. The average molecular weight is 413 g/mol. The van der Waals surface area contributed by atoms with Crippen molar-refractivity contribution in [1.82, 2.24) is 9.62 Å². The molecule has 1 aliphatic heterocycles. The fourth-order valence-corrected chi connectivity index (χ4v) is 5.49. The second-order valence-electron chi connectivity index (χ2n) is 8.05. The van der Waals surface area contributed by atoms with E-state index in [1.807, 2.05) is 30.3 Å². The number of carbonyl (C=O) groups is 1. The third-order valence-corrected chi connectivity index (χ3v) is 7.75. The minimum Gasteiger partial charge on any atom is -0.349 e. The van der Waals surface area contributed by atoms with Gasteiger partial charge in [0.05, 0.1) is 10.9 Å². The SMILES string of the molecule is O=C(CCc1ccc(S(=O)(=O)N2CCCC2)cc1)NC(c1ccccc1)C1CC1. The molecule has 1 saturated heterocycles. The molecular formula is C23H28N2O3S. The van der Waals surface area contributed by atoms with Gasteiger partial charge in [-0.2, -0.15) is 4.31 Å². The number of rotatable bonds is 8. The van der Waals surface area contributed by atoms with Gasteiger partial charge >= 0.3 is 0 Å². The Balaban J connectivity index is 1.33. The lowest BCUT2D eigenvalue weighted by Crippen LogP contribution is -2.30. The number of amides is 1. The van der Waals surface area contributed by atoms with Crippen LogP contribution in [0.5, 0.6) is 0 Å². The fraction of sp³-hybridized carbons (Fsp3) is 0.435. The van der Waals surface area contributed by atoms with E-state index in [2.05, 4.69) is 17.4 Å². The summed E-state index contributed by atoms with van der Waals surface area (Å²) in [7, 11) is -3.38. The molecule has 4 rings (SSSR count). The number of hydrogen-bond acceptors (Lipinski definition) is 3. The van der Waals surface area contributed by atoms with E-state index < -0.39 is 10.0 Å². The Kier molecular flexibility index (Phi) is 6.01. The van der Waals surface area contributed by atoms with E-state index in [0.29, 0.717) is 36.7 Å². The van der Waals surface area contributed by atoms with Gasteiger partial charge in [-0.05, 0) is 61.3 Å². The highest BCUT2D eigenvalue weighted by Gasteiger charge is 2.33. The Bertz CT molecular complexity index is 932. The largest absolute Gasteiger partial charge is 0.349 e. The number of hydrogen-bond donors (Lipinski definition) is 1. The van der Waals surface area contributed by atoms with Gasteiger partial charge in [0.2, 0.25) is 15.9 Å². The Labute approximate surface area is 173 Å². The average Bonchev–Trinajstić information content (AvgIpc) is 3.42. The van der Waals surface area contributed by atoms with Crippen LogP contribution in [-0.4, -0.2) is 31.7 Å². The molecule has 0 aromatic heterocycles. The second-order valence-corrected chi connectivity index (χ2v) is 9.99. The van der Waals surface area contributed by atoms with Crippen molar-refractivity contribution in [3.63, 3.8) is 0 Å². The monoisotopic (exact) mass is 412 g/mol. The Morgan fingerprint density at radius 3 is 2.28 bits per heavy atom. The van der Waals surface area contributed by atoms with Crippen molar-refractivity contribution in [3.8, 4) is 0 Å². The molecule has 1 N–H and O–H groups in total. The predicted molar refractivity (Wildman–Crippen MR) is 113 cm³/mol. The zero-order valence-electron chi connectivity index (χ0n) is 16.6. The molecule has 154 valence electrons. The molecule has 1 atom stereocenters. The van der Waals surface area contributed by atoms with E-state index in [1.54, 1.807) is 16.4 Å². The molecule has 2 aromatic carbocycles. The van der Waals surface area contributed by atoms with E-state index in [0.717, 1.165) is 31.2 Å². The zero-order valence-corrected chi connectivity index (χ0v) is 17.4. The molecule has 0 radical (unpaired) electrons. The number of sulfonamides is 1.